The van der Waals surface area contributed by atoms with Crippen LogP contribution in [0.2, 0.25) is 0 Å². The molecule has 0 aliphatic carbocycles. The Morgan fingerprint density at radius 1 is 1.08 bits per heavy atom. The number of Topliss-reactive ketones (excluding diaryl/α,β-unsaturated/α-hetero) is 1. The molecule has 0 N–H and O–H groups in total. The molecule has 0 fully saturated rings. The van der Waals surface area contributed by atoms with E-state index < -0.39 is 0 Å². The highest BCUT2D eigenvalue weighted by atomic mass is 16.1. The van der Waals surface area contributed by atoms with Gasteiger partial charge in [-0.15, -0.1) is 0 Å². The van der Waals surface area contributed by atoms with E-state index in [4.69, 9.17) is 0 Å². The number of carbonyl (C=O) groups is 1. The number of rotatable bonds is 3. The molecule has 0 amide bonds. The Bertz CT molecular complexity index is 274. The van der Waals surface area contributed by atoms with Crippen LogP contribution in [-0.4, -0.2) is 5.78 Å². The Morgan fingerprint density at radius 3 is 2.08 bits per heavy atom. The van der Waals surface area contributed by atoms with Gasteiger partial charge in [0.1, 0.15) is 5.78 Å². The van der Waals surface area contributed by atoms with Gasteiger partial charge in [0.15, 0.2) is 0 Å². The lowest BCUT2D eigenvalue weighted by Crippen LogP contribution is -2.15. The molecule has 13 heavy (non-hydrogen) atoms. The van der Waals surface area contributed by atoms with E-state index in [1.807, 2.05) is 51.1 Å². The Labute approximate surface area is 79.8 Å². The predicted octanol–water partition coefficient (Wildman–Crippen LogP) is 3.02. The predicted molar refractivity (Wildman–Crippen MR) is 54.7 cm³/mol. The topological polar surface area (TPSA) is 17.1 Å². The summed E-state index contributed by atoms with van der Waals surface area (Å²) in [7, 11) is 0. The summed E-state index contributed by atoms with van der Waals surface area (Å²) in [5.41, 5.74) is 1.11. The van der Waals surface area contributed by atoms with Crippen molar-refractivity contribution in [2.75, 3.05) is 0 Å². The Hall–Kier alpha value is -1.11. The quantitative estimate of drug-likeness (QED) is 0.692. The average Bonchev–Trinajstić information content (AvgIpc) is 2.17. The lowest BCUT2D eigenvalue weighted by molar-refractivity contribution is -0.123. The Kier molecular flexibility index (Phi) is 3.24. The fourth-order valence-electron chi connectivity index (χ4n) is 1.41. The molecule has 1 nitrogen and oxygen atoms in total. The summed E-state index contributed by atoms with van der Waals surface area (Å²) >= 11 is 0. The van der Waals surface area contributed by atoms with Crippen LogP contribution in [0.4, 0.5) is 0 Å². The Balaban J connectivity index is 2.80. The number of hydrogen-bond donors (Lipinski definition) is 0. The van der Waals surface area contributed by atoms with Gasteiger partial charge in [0.05, 0.1) is 0 Å². The largest absolute Gasteiger partial charge is 0.299 e. The zero-order chi connectivity index (χ0) is 9.84. The van der Waals surface area contributed by atoms with Crippen molar-refractivity contribution in [1.29, 1.82) is 0 Å². The summed E-state index contributed by atoms with van der Waals surface area (Å²) in [5.74, 6) is 0.461. The first-order valence-corrected chi connectivity index (χ1v) is 4.71. The van der Waals surface area contributed by atoms with Gasteiger partial charge < -0.3 is 0 Å². The van der Waals surface area contributed by atoms with Crippen molar-refractivity contribution < 1.29 is 4.79 Å². The highest BCUT2D eigenvalue weighted by Crippen LogP contribution is 2.18. The number of ketones is 1. The van der Waals surface area contributed by atoms with E-state index >= 15 is 0 Å². The van der Waals surface area contributed by atoms with Gasteiger partial charge in [0, 0.05) is 11.8 Å². The van der Waals surface area contributed by atoms with Gasteiger partial charge in [-0.3, -0.25) is 4.79 Å². The van der Waals surface area contributed by atoms with Crippen molar-refractivity contribution in [3.05, 3.63) is 35.9 Å². The van der Waals surface area contributed by atoms with Crippen LogP contribution in [0.25, 0.3) is 0 Å². The molecule has 70 valence electrons. The summed E-state index contributed by atoms with van der Waals surface area (Å²) in [6.45, 7) is 5.86. The average molecular weight is 176 g/mol. The van der Waals surface area contributed by atoms with Gasteiger partial charge in [-0.2, -0.15) is 0 Å². The third kappa shape index (κ3) is 2.41. The smallest absolute Gasteiger partial charge is 0.142 e. The molecule has 1 heteroatoms. The molecule has 1 aromatic carbocycles. The van der Waals surface area contributed by atoms with E-state index in [0.29, 0.717) is 5.78 Å². The highest BCUT2D eigenvalue weighted by molar-refractivity contribution is 5.86. The van der Waals surface area contributed by atoms with Crippen LogP contribution in [0.3, 0.4) is 0 Å². The minimum absolute atomic E-state index is 0.0289. The molecule has 0 bridgehead atoms. The molecule has 1 atom stereocenters. The maximum atomic E-state index is 11.6. The molecular formula is C12H16O. The van der Waals surface area contributed by atoms with E-state index in [1.54, 1.807) is 0 Å². The van der Waals surface area contributed by atoms with Crippen LogP contribution >= 0.6 is 0 Å². The molecule has 0 aliphatic rings. The Morgan fingerprint density at radius 2 is 1.62 bits per heavy atom. The number of carbonyl (C=O) groups excluding carboxylic acids is 1. The fourth-order valence-corrected chi connectivity index (χ4v) is 1.41. The number of benzene rings is 1. The standard InChI is InChI=1S/C12H16O/c1-9(2)12(13)10(3)11-7-5-4-6-8-11/h4-10H,1-3H3. The molecule has 1 unspecified atom stereocenters. The second kappa shape index (κ2) is 4.22. The van der Waals surface area contributed by atoms with Crippen LogP contribution < -0.4 is 0 Å². The molecule has 1 aromatic rings. The molecular weight excluding hydrogens is 160 g/mol. The minimum atomic E-state index is 0.0289. The second-order valence-corrected chi connectivity index (χ2v) is 3.69. The van der Waals surface area contributed by atoms with Gasteiger partial charge in [0.2, 0.25) is 0 Å². The van der Waals surface area contributed by atoms with Crippen LogP contribution in [0.15, 0.2) is 30.3 Å². The normalized spacial score (nSPS) is 12.9. The van der Waals surface area contributed by atoms with Crippen molar-refractivity contribution in [1.82, 2.24) is 0 Å². The van der Waals surface area contributed by atoms with Gasteiger partial charge in [-0.05, 0) is 5.56 Å². The van der Waals surface area contributed by atoms with E-state index in [1.165, 1.54) is 0 Å². The molecule has 0 aromatic heterocycles. The molecule has 0 aliphatic heterocycles. The second-order valence-electron chi connectivity index (χ2n) is 3.69. The van der Waals surface area contributed by atoms with E-state index in [0.717, 1.165) is 5.56 Å². The third-order valence-corrected chi connectivity index (χ3v) is 2.30. The SMILES string of the molecule is CC(C)C(=O)C(C)c1ccccc1. The molecule has 0 saturated carbocycles. The molecule has 0 radical (unpaired) electrons. The van der Waals surface area contributed by atoms with Crippen molar-refractivity contribution in [2.24, 2.45) is 5.92 Å². The highest BCUT2D eigenvalue weighted by Gasteiger charge is 2.17. The lowest BCUT2D eigenvalue weighted by Gasteiger charge is -2.12. The summed E-state index contributed by atoms with van der Waals surface area (Å²) in [6.07, 6.45) is 0. The van der Waals surface area contributed by atoms with Gasteiger partial charge in [0.25, 0.3) is 0 Å². The zero-order valence-corrected chi connectivity index (χ0v) is 8.45. The van der Waals surface area contributed by atoms with Gasteiger partial charge in [-0.25, -0.2) is 0 Å². The van der Waals surface area contributed by atoms with Crippen molar-refractivity contribution in [2.45, 2.75) is 26.7 Å². The maximum Gasteiger partial charge on any atom is 0.142 e. The van der Waals surface area contributed by atoms with E-state index in [2.05, 4.69) is 0 Å². The van der Waals surface area contributed by atoms with E-state index in [-0.39, 0.29) is 11.8 Å². The zero-order valence-electron chi connectivity index (χ0n) is 8.45. The summed E-state index contributed by atoms with van der Waals surface area (Å²) in [5, 5.41) is 0. The first kappa shape index (κ1) is 9.97. The van der Waals surface area contributed by atoms with Gasteiger partial charge >= 0.3 is 0 Å². The molecule has 0 saturated heterocycles. The van der Waals surface area contributed by atoms with Crippen molar-refractivity contribution >= 4 is 5.78 Å². The molecule has 1 rings (SSSR count). The third-order valence-electron chi connectivity index (χ3n) is 2.30. The van der Waals surface area contributed by atoms with Crippen LogP contribution in [0, 0.1) is 5.92 Å². The first-order valence-electron chi connectivity index (χ1n) is 4.71. The summed E-state index contributed by atoms with van der Waals surface area (Å²) in [4.78, 5) is 11.6. The first-order chi connectivity index (χ1) is 6.13. The van der Waals surface area contributed by atoms with Crippen molar-refractivity contribution in [3.63, 3.8) is 0 Å². The van der Waals surface area contributed by atoms with Crippen molar-refractivity contribution in [3.8, 4) is 0 Å². The fraction of sp³-hybridized carbons (Fsp3) is 0.417. The monoisotopic (exact) mass is 176 g/mol. The minimum Gasteiger partial charge on any atom is -0.299 e. The molecule has 0 heterocycles. The summed E-state index contributed by atoms with van der Waals surface area (Å²) < 4.78 is 0. The lowest BCUT2D eigenvalue weighted by atomic mass is 9.91. The molecule has 0 spiro atoms. The summed E-state index contributed by atoms with van der Waals surface area (Å²) in [6, 6.07) is 9.92. The maximum absolute atomic E-state index is 11.6. The van der Waals surface area contributed by atoms with Gasteiger partial charge in [-0.1, -0.05) is 51.1 Å². The number of hydrogen-bond acceptors (Lipinski definition) is 1. The van der Waals surface area contributed by atoms with Crippen LogP contribution in [0.1, 0.15) is 32.3 Å². The van der Waals surface area contributed by atoms with Crippen LogP contribution in [-0.2, 0) is 4.79 Å². The van der Waals surface area contributed by atoms with E-state index in [9.17, 15) is 4.79 Å². The van der Waals surface area contributed by atoms with Crippen LogP contribution in [0.5, 0.6) is 0 Å².